The Hall–Kier alpha value is -0.820. The predicted octanol–water partition coefficient (Wildman–Crippen LogP) is 1.62. The van der Waals surface area contributed by atoms with Gasteiger partial charge in [-0.3, -0.25) is 4.79 Å². The number of carbonyl (C=O) groups excluding carboxylic acids is 1. The van der Waals surface area contributed by atoms with E-state index < -0.39 is 29.8 Å². The van der Waals surface area contributed by atoms with E-state index in [1.807, 2.05) is 0 Å². The molecule has 0 bridgehead atoms. The van der Waals surface area contributed by atoms with Crippen molar-refractivity contribution in [2.75, 3.05) is 13.2 Å². The Morgan fingerprint density at radius 2 is 1.72 bits per heavy atom. The molecule has 0 saturated carbocycles. The minimum Gasteiger partial charge on any atom is -0.388 e. The first kappa shape index (κ1) is 17.2. The van der Waals surface area contributed by atoms with E-state index in [0.717, 1.165) is 0 Å². The third-order valence-corrected chi connectivity index (χ3v) is 2.72. The van der Waals surface area contributed by atoms with Gasteiger partial charge in [0.05, 0.1) is 17.7 Å². The molecule has 0 aromatic carbocycles. The summed E-state index contributed by atoms with van der Waals surface area (Å²) in [7, 11) is 0. The fraction of sp³-hybridized carbons (Fsp3) is 0.909. The Morgan fingerprint density at radius 1 is 1.22 bits per heavy atom. The first-order valence-electron chi connectivity index (χ1n) is 5.53. The summed E-state index contributed by atoms with van der Waals surface area (Å²) in [6.45, 7) is 4.65. The van der Waals surface area contributed by atoms with Gasteiger partial charge in [-0.1, -0.05) is 0 Å². The van der Waals surface area contributed by atoms with Crippen LogP contribution in [0.2, 0.25) is 0 Å². The average molecular weight is 271 g/mol. The Bertz CT molecular complexity index is 282. The molecule has 0 radical (unpaired) electrons. The van der Waals surface area contributed by atoms with E-state index in [1.54, 1.807) is 13.8 Å². The van der Waals surface area contributed by atoms with Gasteiger partial charge in [-0.2, -0.15) is 13.2 Å². The molecule has 0 fully saturated rings. The molecule has 0 spiro atoms. The molecular weight excluding hydrogens is 251 g/mol. The number of aliphatic hydroxyl groups is 1. The number of alkyl halides is 3. The summed E-state index contributed by atoms with van der Waals surface area (Å²) < 4.78 is 39.6. The van der Waals surface area contributed by atoms with Crippen LogP contribution < -0.4 is 5.32 Å². The lowest BCUT2D eigenvalue weighted by molar-refractivity contribution is -0.174. The number of ether oxygens (including phenoxy) is 1. The van der Waals surface area contributed by atoms with Crippen molar-refractivity contribution in [1.29, 1.82) is 0 Å². The Morgan fingerprint density at radius 3 is 2.11 bits per heavy atom. The summed E-state index contributed by atoms with van der Waals surface area (Å²) in [5.41, 5.74) is -2.02. The minimum atomic E-state index is -4.39. The molecule has 1 amide bonds. The molecule has 0 aliphatic rings. The van der Waals surface area contributed by atoms with E-state index >= 15 is 0 Å². The van der Waals surface area contributed by atoms with Gasteiger partial charge in [-0.25, -0.2) is 0 Å². The van der Waals surface area contributed by atoms with Gasteiger partial charge in [-0.15, -0.1) is 0 Å². The van der Waals surface area contributed by atoms with E-state index in [4.69, 9.17) is 0 Å². The summed E-state index contributed by atoms with van der Waals surface area (Å²) in [4.78, 5) is 11.4. The van der Waals surface area contributed by atoms with Gasteiger partial charge in [-0.05, 0) is 27.7 Å². The molecule has 0 rings (SSSR count). The number of amides is 1. The van der Waals surface area contributed by atoms with Crippen molar-refractivity contribution in [1.82, 2.24) is 5.32 Å². The topological polar surface area (TPSA) is 58.6 Å². The smallest absolute Gasteiger partial charge is 0.388 e. The second-order valence-corrected chi connectivity index (χ2v) is 5.15. The Kier molecular flexibility index (Phi) is 5.61. The third-order valence-electron chi connectivity index (χ3n) is 2.72. The highest BCUT2D eigenvalue weighted by atomic mass is 19.4. The first-order valence-corrected chi connectivity index (χ1v) is 5.53. The fourth-order valence-electron chi connectivity index (χ4n) is 0.917. The van der Waals surface area contributed by atoms with Crippen LogP contribution in [-0.4, -0.2) is 41.5 Å². The molecule has 0 aliphatic carbocycles. The monoisotopic (exact) mass is 271 g/mol. The highest BCUT2D eigenvalue weighted by Gasteiger charge is 2.36. The predicted molar refractivity (Wildman–Crippen MR) is 60.0 cm³/mol. The van der Waals surface area contributed by atoms with E-state index in [2.05, 4.69) is 10.1 Å². The Balaban J connectivity index is 4.00. The molecule has 0 heterocycles. The van der Waals surface area contributed by atoms with Crippen molar-refractivity contribution >= 4 is 5.91 Å². The molecule has 18 heavy (non-hydrogen) atoms. The molecule has 0 unspecified atom stereocenters. The van der Waals surface area contributed by atoms with Crippen LogP contribution in [-0.2, 0) is 9.53 Å². The van der Waals surface area contributed by atoms with E-state index in [9.17, 15) is 23.1 Å². The maximum atomic E-state index is 11.7. The van der Waals surface area contributed by atoms with Crippen LogP contribution >= 0.6 is 0 Å². The van der Waals surface area contributed by atoms with Gasteiger partial charge in [0.15, 0.2) is 0 Å². The highest BCUT2D eigenvalue weighted by Crippen LogP contribution is 2.20. The van der Waals surface area contributed by atoms with Crippen LogP contribution in [0.15, 0.2) is 0 Å². The van der Waals surface area contributed by atoms with Crippen LogP contribution in [0.3, 0.4) is 0 Å². The molecule has 7 heteroatoms. The lowest BCUT2D eigenvalue weighted by atomic mass is 9.86. The van der Waals surface area contributed by atoms with Crippen molar-refractivity contribution in [2.45, 2.75) is 51.4 Å². The van der Waals surface area contributed by atoms with Gasteiger partial charge < -0.3 is 15.2 Å². The number of nitrogens with one attached hydrogen (secondary N) is 1. The molecule has 0 aromatic rings. The lowest BCUT2D eigenvalue weighted by Gasteiger charge is -2.38. The van der Waals surface area contributed by atoms with Gasteiger partial charge in [0.25, 0.3) is 0 Å². The Labute approximate surface area is 105 Å². The zero-order valence-corrected chi connectivity index (χ0v) is 11.0. The quantitative estimate of drug-likeness (QED) is 0.722. The minimum absolute atomic E-state index is 0.185. The summed E-state index contributed by atoms with van der Waals surface area (Å²) in [5, 5.41) is 12.3. The first-order chi connectivity index (χ1) is 7.85. The molecular formula is C11H20F3NO3. The van der Waals surface area contributed by atoms with Crippen molar-refractivity contribution in [3.63, 3.8) is 0 Å². The van der Waals surface area contributed by atoms with E-state index in [0.29, 0.717) is 0 Å². The fourth-order valence-corrected chi connectivity index (χ4v) is 0.917. The van der Waals surface area contributed by atoms with Crippen molar-refractivity contribution in [3.8, 4) is 0 Å². The zero-order valence-electron chi connectivity index (χ0n) is 11.0. The molecule has 0 saturated heterocycles. The number of hydrogen-bond acceptors (Lipinski definition) is 3. The maximum absolute atomic E-state index is 11.7. The summed E-state index contributed by atoms with van der Waals surface area (Å²) in [6, 6.07) is 0. The van der Waals surface area contributed by atoms with E-state index in [1.165, 1.54) is 13.8 Å². The molecule has 2 N–H and O–H groups in total. The number of hydrogen-bond donors (Lipinski definition) is 2. The molecule has 4 nitrogen and oxygen atoms in total. The zero-order chi connectivity index (χ0) is 14.6. The van der Waals surface area contributed by atoms with Crippen LogP contribution in [0.5, 0.6) is 0 Å². The third kappa shape index (κ3) is 6.80. The second-order valence-electron chi connectivity index (χ2n) is 5.15. The summed E-state index contributed by atoms with van der Waals surface area (Å²) >= 11 is 0. The van der Waals surface area contributed by atoms with Gasteiger partial charge >= 0.3 is 6.18 Å². The number of rotatable bonds is 6. The average Bonchev–Trinajstić information content (AvgIpc) is 2.08. The normalized spacial score (nSPS) is 13.6. The van der Waals surface area contributed by atoms with Gasteiger partial charge in [0.1, 0.15) is 6.61 Å². The standard InChI is InChI=1S/C11H20F3NO3/c1-9(2,10(3,4)17)15-8(16)5-6-18-7-11(12,13)14/h17H,5-7H2,1-4H3,(H,15,16). The SMILES string of the molecule is CC(C)(O)C(C)(C)NC(=O)CCOCC(F)(F)F. The number of carbonyl (C=O) groups is 1. The lowest BCUT2D eigenvalue weighted by Crippen LogP contribution is -2.57. The van der Waals surface area contributed by atoms with Crippen molar-refractivity contribution < 1.29 is 27.8 Å². The molecule has 108 valence electrons. The van der Waals surface area contributed by atoms with Crippen LogP contribution in [0.4, 0.5) is 13.2 Å². The van der Waals surface area contributed by atoms with Crippen LogP contribution in [0.25, 0.3) is 0 Å². The molecule has 0 aromatic heterocycles. The van der Waals surface area contributed by atoms with E-state index in [-0.39, 0.29) is 13.0 Å². The van der Waals surface area contributed by atoms with Crippen molar-refractivity contribution in [3.05, 3.63) is 0 Å². The van der Waals surface area contributed by atoms with Gasteiger partial charge in [0, 0.05) is 6.42 Å². The largest absolute Gasteiger partial charge is 0.411 e. The maximum Gasteiger partial charge on any atom is 0.411 e. The summed E-state index contributed by atoms with van der Waals surface area (Å²) in [6.07, 6.45) is -4.57. The second kappa shape index (κ2) is 5.88. The van der Waals surface area contributed by atoms with Gasteiger partial charge in [0.2, 0.25) is 5.91 Å². The van der Waals surface area contributed by atoms with Crippen molar-refractivity contribution in [2.24, 2.45) is 0 Å². The van der Waals surface area contributed by atoms with Crippen LogP contribution in [0, 0.1) is 0 Å². The molecule has 0 atom stereocenters. The van der Waals surface area contributed by atoms with Crippen LogP contribution in [0.1, 0.15) is 34.1 Å². The number of halogens is 3. The molecule has 0 aliphatic heterocycles. The summed E-state index contributed by atoms with van der Waals surface area (Å²) in [5.74, 6) is -0.468. The highest BCUT2D eigenvalue weighted by molar-refractivity contribution is 5.77.